The van der Waals surface area contributed by atoms with E-state index in [0.29, 0.717) is 0 Å². The fourth-order valence-corrected chi connectivity index (χ4v) is 2.88. The number of pyridine rings is 1. The third kappa shape index (κ3) is 2.18. The highest BCUT2D eigenvalue weighted by atomic mass is 79.9. The minimum absolute atomic E-state index is 0.00485. The van der Waals surface area contributed by atoms with Crippen molar-refractivity contribution >= 4 is 35.7 Å². The second kappa shape index (κ2) is 3.32. The zero-order valence-corrected chi connectivity index (χ0v) is 9.24. The van der Waals surface area contributed by atoms with Crippen molar-refractivity contribution in [2.24, 2.45) is 0 Å². The predicted molar refractivity (Wildman–Crippen MR) is 49.7 cm³/mol. The molecular weight excluding hydrogens is 265 g/mol. The van der Waals surface area contributed by atoms with Crippen molar-refractivity contribution in [1.29, 1.82) is 0 Å². The molecule has 1 aromatic rings. The fourth-order valence-electron chi connectivity index (χ4n) is 0.694. The lowest BCUT2D eigenvalue weighted by Gasteiger charge is -1.99. The lowest BCUT2D eigenvalue weighted by atomic mass is 10.4. The van der Waals surface area contributed by atoms with E-state index in [0.717, 1.165) is 5.69 Å². The molecule has 0 bridgehead atoms. The average Bonchev–Trinajstić information content (AvgIpc) is 1.83. The van der Waals surface area contributed by atoms with Gasteiger partial charge in [-0.3, -0.25) is 0 Å². The normalized spacial score (nSPS) is 11.6. The van der Waals surface area contributed by atoms with Gasteiger partial charge in [0, 0.05) is 16.4 Å². The highest BCUT2D eigenvalue weighted by Gasteiger charge is 2.14. The summed E-state index contributed by atoms with van der Waals surface area (Å²) in [6.07, 6.45) is 0. The molecule has 0 aliphatic carbocycles. The Hall–Kier alpha value is -0.130. The molecule has 0 radical (unpaired) electrons. The van der Waals surface area contributed by atoms with E-state index in [9.17, 15) is 8.42 Å². The Morgan fingerprint density at radius 1 is 1.50 bits per heavy atom. The van der Waals surface area contributed by atoms with Gasteiger partial charge in [0.2, 0.25) is 0 Å². The minimum Gasteiger partial charge on any atom is -0.245 e. The molecule has 0 N–H and O–H groups in total. The zero-order valence-electron chi connectivity index (χ0n) is 6.08. The first-order valence-electron chi connectivity index (χ1n) is 2.99. The first kappa shape index (κ1) is 9.95. The zero-order chi connectivity index (χ0) is 9.35. The molecule has 0 unspecified atom stereocenters. The number of halogens is 2. The molecule has 1 heterocycles. The molecule has 1 aromatic heterocycles. The molecule has 0 aliphatic heterocycles. The summed E-state index contributed by atoms with van der Waals surface area (Å²) in [7, 11) is 1.43. The molecule has 0 aromatic carbocycles. The Morgan fingerprint density at radius 3 is 2.50 bits per heavy atom. The molecule has 3 nitrogen and oxygen atoms in total. The van der Waals surface area contributed by atoms with Gasteiger partial charge < -0.3 is 0 Å². The van der Waals surface area contributed by atoms with Gasteiger partial charge in [-0.2, -0.15) is 0 Å². The van der Waals surface area contributed by atoms with Crippen LogP contribution in [0, 0.1) is 6.92 Å². The molecule has 1 rings (SSSR count). The average molecular weight is 271 g/mol. The van der Waals surface area contributed by atoms with Crippen LogP contribution in [-0.4, -0.2) is 13.4 Å². The topological polar surface area (TPSA) is 47.0 Å². The van der Waals surface area contributed by atoms with Gasteiger partial charge >= 0.3 is 0 Å². The molecule has 0 fully saturated rings. The van der Waals surface area contributed by atoms with Crippen LogP contribution < -0.4 is 0 Å². The molecular formula is C6H5BrClNO2S. The van der Waals surface area contributed by atoms with E-state index in [2.05, 4.69) is 20.9 Å². The van der Waals surface area contributed by atoms with Crippen molar-refractivity contribution in [2.45, 2.75) is 11.8 Å². The van der Waals surface area contributed by atoms with Gasteiger partial charge in [0.25, 0.3) is 9.05 Å². The number of aromatic nitrogens is 1. The maximum absolute atomic E-state index is 10.9. The molecule has 0 atom stereocenters. The fraction of sp³-hybridized carbons (Fsp3) is 0.167. The maximum atomic E-state index is 10.9. The summed E-state index contributed by atoms with van der Waals surface area (Å²) in [4.78, 5) is 3.89. The summed E-state index contributed by atoms with van der Waals surface area (Å²) < 4.78 is 22.0. The van der Waals surface area contributed by atoms with E-state index in [-0.39, 0.29) is 9.50 Å². The van der Waals surface area contributed by atoms with Crippen molar-refractivity contribution in [3.63, 3.8) is 0 Å². The van der Waals surface area contributed by atoms with Crippen LogP contribution in [-0.2, 0) is 9.05 Å². The Balaban J connectivity index is 3.39. The minimum atomic E-state index is -3.69. The Bertz CT molecular complexity index is 404. The lowest BCUT2D eigenvalue weighted by molar-refractivity contribution is 0.608. The summed E-state index contributed by atoms with van der Waals surface area (Å²) >= 11 is 3.01. The largest absolute Gasteiger partial charge is 0.263 e. The summed E-state index contributed by atoms with van der Waals surface area (Å²) in [5.41, 5.74) is 0.728. The first-order chi connectivity index (χ1) is 5.41. The van der Waals surface area contributed by atoms with E-state index in [1.807, 2.05) is 0 Å². The van der Waals surface area contributed by atoms with E-state index in [4.69, 9.17) is 10.7 Å². The molecule has 0 aliphatic rings. The van der Waals surface area contributed by atoms with Crippen molar-refractivity contribution in [2.75, 3.05) is 0 Å². The second-order valence-corrected chi connectivity index (χ2v) is 5.46. The van der Waals surface area contributed by atoms with Crippen molar-refractivity contribution in [1.82, 2.24) is 4.98 Å². The summed E-state index contributed by atoms with van der Waals surface area (Å²) in [5.74, 6) is 0. The third-order valence-electron chi connectivity index (χ3n) is 1.22. The molecule has 12 heavy (non-hydrogen) atoms. The maximum Gasteiger partial charge on any atom is 0.263 e. The van der Waals surface area contributed by atoms with E-state index in [1.54, 1.807) is 13.0 Å². The van der Waals surface area contributed by atoms with Crippen LogP contribution in [0.2, 0.25) is 0 Å². The van der Waals surface area contributed by atoms with Crippen LogP contribution in [0.4, 0.5) is 0 Å². The first-order valence-corrected chi connectivity index (χ1v) is 6.09. The highest BCUT2D eigenvalue weighted by Crippen LogP contribution is 2.22. The van der Waals surface area contributed by atoms with Gasteiger partial charge in [-0.15, -0.1) is 0 Å². The number of hydrogen-bond acceptors (Lipinski definition) is 3. The van der Waals surface area contributed by atoms with Gasteiger partial charge in [-0.05, 0) is 35.0 Å². The quantitative estimate of drug-likeness (QED) is 0.580. The van der Waals surface area contributed by atoms with Crippen molar-refractivity contribution in [3.05, 3.63) is 22.4 Å². The van der Waals surface area contributed by atoms with Crippen molar-refractivity contribution in [3.8, 4) is 0 Å². The monoisotopic (exact) mass is 269 g/mol. The van der Waals surface area contributed by atoms with Gasteiger partial charge in [0.1, 0.15) is 9.50 Å². The van der Waals surface area contributed by atoms with Crippen LogP contribution in [0.3, 0.4) is 0 Å². The molecule has 6 heteroatoms. The standard InChI is InChI=1S/C6H5BrClNO2S/c1-4-2-3-5(6(7)9-4)12(8,10)11/h2-3H,1H3. The van der Waals surface area contributed by atoms with Crippen LogP contribution >= 0.6 is 26.6 Å². The molecule has 0 spiro atoms. The number of nitrogens with zero attached hydrogens (tertiary/aromatic N) is 1. The Kier molecular flexibility index (Phi) is 2.75. The number of rotatable bonds is 1. The molecule has 0 amide bonds. The summed E-state index contributed by atoms with van der Waals surface area (Å²) in [6.45, 7) is 1.76. The SMILES string of the molecule is Cc1ccc(S(=O)(=O)Cl)c(Br)n1. The van der Waals surface area contributed by atoms with Gasteiger partial charge in [0.05, 0.1) is 0 Å². The highest BCUT2D eigenvalue weighted by molar-refractivity contribution is 9.10. The van der Waals surface area contributed by atoms with E-state index < -0.39 is 9.05 Å². The van der Waals surface area contributed by atoms with E-state index >= 15 is 0 Å². The predicted octanol–water partition coefficient (Wildman–Crippen LogP) is 2.08. The molecule has 66 valence electrons. The Labute approximate surface area is 83.3 Å². The lowest BCUT2D eigenvalue weighted by Crippen LogP contribution is -1.95. The smallest absolute Gasteiger partial charge is 0.245 e. The summed E-state index contributed by atoms with van der Waals surface area (Å²) in [6, 6.07) is 2.99. The molecule has 0 saturated heterocycles. The van der Waals surface area contributed by atoms with E-state index in [1.165, 1.54) is 6.07 Å². The van der Waals surface area contributed by atoms with Crippen LogP contribution in [0.15, 0.2) is 21.6 Å². The van der Waals surface area contributed by atoms with Gasteiger partial charge in [0.15, 0.2) is 0 Å². The van der Waals surface area contributed by atoms with Gasteiger partial charge in [-0.1, -0.05) is 0 Å². The second-order valence-electron chi connectivity index (χ2n) is 2.18. The van der Waals surface area contributed by atoms with Gasteiger partial charge in [-0.25, -0.2) is 13.4 Å². The Morgan fingerprint density at radius 2 is 2.08 bits per heavy atom. The van der Waals surface area contributed by atoms with Crippen LogP contribution in [0.25, 0.3) is 0 Å². The number of hydrogen-bond donors (Lipinski definition) is 0. The third-order valence-corrected chi connectivity index (χ3v) is 3.44. The van der Waals surface area contributed by atoms with Crippen LogP contribution in [0.1, 0.15) is 5.69 Å². The van der Waals surface area contributed by atoms with Crippen LogP contribution in [0.5, 0.6) is 0 Å². The summed E-state index contributed by atoms with van der Waals surface area (Å²) in [5, 5.41) is 0. The number of aryl methyl sites for hydroxylation is 1. The van der Waals surface area contributed by atoms with Crippen molar-refractivity contribution < 1.29 is 8.42 Å². The molecule has 0 saturated carbocycles.